The number of rotatable bonds is 9. The van der Waals surface area contributed by atoms with Crippen molar-refractivity contribution in [3.63, 3.8) is 0 Å². The summed E-state index contributed by atoms with van der Waals surface area (Å²) < 4.78 is 4.93. The second-order valence-corrected chi connectivity index (χ2v) is 6.06. The maximum atomic E-state index is 12.3. The van der Waals surface area contributed by atoms with Gasteiger partial charge in [-0.05, 0) is 30.5 Å². The molecule has 148 valence electrons. The quantitative estimate of drug-likeness (QED) is 0.447. The van der Waals surface area contributed by atoms with E-state index in [1.165, 1.54) is 25.3 Å². The van der Waals surface area contributed by atoms with Gasteiger partial charge in [0.2, 0.25) is 0 Å². The van der Waals surface area contributed by atoms with Gasteiger partial charge in [0, 0.05) is 24.2 Å². The Morgan fingerprint density at radius 3 is 2.54 bits per heavy atom. The molecule has 2 aromatic carbocycles. The Hall–Kier alpha value is -3.62. The molecule has 0 bridgehead atoms. The smallest absolute Gasteiger partial charge is 0.319 e. The highest BCUT2D eigenvalue weighted by molar-refractivity contribution is 5.90. The van der Waals surface area contributed by atoms with Crippen molar-refractivity contribution in [2.45, 2.75) is 25.3 Å². The van der Waals surface area contributed by atoms with Gasteiger partial charge in [0.25, 0.3) is 0 Å². The first-order valence-corrected chi connectivity index (χ1v) is 8.54. The minimum atomic E-state index is -0.953. The zero-order valence-electron chi connectivity index (χ0n) is 15.3. The van der Waals surface area contributed by atoms with Crippen LogP contribution in [0.5, 0.6) is 5.75 Å². The molecule has 28 heavy (non-hydrogen) atoms. The molecule has 1 unspecified atom stereocenters. The predicted octanol–water partition coefficient (Wildman–Crippen LogP) is 3.20. The molecule has 0 aliphatic heterocycles. The number of hydrogen-bond donors (Lipinski definition) is 3. The number of amides is 2. The Bertz CT molecular complexity index is 841. The molecular weight excluding hydrogens is 366 g/mol. The number of nitro benzene ring substituents is 1. The third-order valence-corrected chi connectivity index (χ3v) is 4.00. The fraction of sp³-hybridized carbons (Fsp3) is 0.263. The molecule has 0 saturated carbocycles. The number of urea groups is 1. The molecule has 1 atom stereocenters. The molecule has 0 radical (unpaired) electrons. The molecule has 0 saturated heterocycles. The van der Waals surface area contributed by atoms with Gasteiger partial charge in [0.15, 0.2) is 5.75 Å². The number of nitro groups is 1. The largest absolute Gasteiger partial charge is 0.490 e. The summed E-state index contributed by atoms with van der Waals surface area (Å²) >= 11 is 0. The van der Waals surface area contributed by atoms with Gasteiger partial charge in [-0.1, -0.05) is 30.3 Å². The van der Waals surface area contributed by atoms with E-state index in [-0.39, 0.29) is 30.0 Å². The van der Waals surface area contributed by atoms with E-state index in [4.69, 9.17) is 9.84 Å². The summed E-state index contributed by atoms with van der Waals surface area (Å²) in [5.74, 6) is -0.870. The van der Waals surface area contributed by atoms with Gasteiger partial charge in [-0.25, -0.2) is 4.79 Å². The van der Waals surface area contributed by atoms with Gasteiger partial charge in [-0.2, -0.15) is 0 Å². The van der Waals surface area contributed by atoms with Crippen LogP contribution in [-0.2, 0) is 11.2 Å². The first-order chi connectivity index (χ1) is 13.4. The van der Waals surface area contributed by atoms with Crippen molar-refractivity contribution < 1.29 is 24.4 Å². The molecule has 0 fully saturated rings. The number of hydrogen-bond acceptors (Lipinski definition) is 5. The van der Waals surface area contributed by atoms with Crippen LogP contribution in [0, 0.1) is 10.1 Å². The van der Waals surface area contributed by atoms with Gasteiger partial charge < -0.3 is 20.5 Å². The lowest BCUT2D eigenvalue weighted by molar-refractivity contribution is -0.385. The average Bonchev–Trinajstić information content (AvgIpc) is 2.66. The zero-order valence-corrected chi connectivity index (χ0v) is 15.3. The lowest BCUT2D eigenvalue weighted by Crippen LogP contribution is -2.39. The molecule has 0 aromatic heterocycles. The number of anilines is 1. The van der Waals surface area contributed by atoms with Crippen LogP contribution in [0.25, 0.3) is 0 Å². The van der Waals surface area contributed by atoms with E-state index in [2.05, 4.69) is 10.6 Å². The lowest BCUT2D eigenvalue weighted by atomic mass is 10.0. The van der Waals surface area contributed by atoms with E-state index in [0.29, 0.717) is 6.42 Å². The topological polar surface area (TPSA) is 131 Å². The lowest BCUT2D eigenvalue weighted by Gasteiger charge is -2.19. The van der Waals surface area contributed by atoms with Gasteiger partial charge in [-0.15, -0.1) is 0 Å². The van der Waals surface area contributed by atoms with Crippen molar-refractivity contribution in [3.05, 3.63) is 64.2 Å². The first kappa shape index (κ1) is 20.7. The summed E-state index contributed by atoms with van der Waals surface area (Å²) in [6, 6.07) is 12.4. The Morgan fingerprint density at radius 2 is 1.93 bits per heavy atom. The monoisotopic (exact) mass is 387 g/mol. The highest BCUT2D eigenvalue weighted by atomic mass is 16.6. The Labute approximate surface area is 161 Å². The second-order valence-electron chi connectivity index (χ2n) is 6.06. The van der Waals surface area contributed by atoms with Crippen molar-refractivity contribution in [1.82, 2.24) is 5.32 Å². The molecule has 0 aliphatic rings. The van der Waals surface area contributed by atoms with Crippen LogP contribution in [0.2, 0.25) is 0 Å². The normalized spacial score (nSPS) is 11.3. The predicted molar refractivity (Wildman–Crippen MR) is 103 cm³/mol. The number of ether oxygens (including phenoxy) is 1. The standard InChI is InChI=1S/C19H21N3O6/c1-28-17-9-7-15(12-16(17)22(26)27)21-19(25)20-14(8-10-18(23)24)11-13-5-3-2-4-6-13/h2-7,9,12,14H,8,10-11H2,1H3,(H,23,24)(H2,20,21,25). The van der Waals surface area contributed by atoms with Crippen LogP contribution in [-0.4, -0.2) is 35.2 Å². The summed E-state index contributed by atoms with van der Waals surface area (Å²) in [7, 11) is 1.32. The van der Waals surface area contributed by atoms with Crippen molar-refractivity contribution in [1.29, 1.82) is 0 Å². The Kier molecular flexibility index (Phi) is 7.32. The van der Waals surface area contributed by atoms with Crippen molar-refractivity contribution in [2.24, 2.45) is 0 Å². The third-order valence-electron chi connectivity index (χ3n) is 4.00. The highest BCUT2D eigenvalue weighted by Crippen LogP contribution is 2.29. The van der Waals surface area contributed by atoms with Crippen LogP contribution in [0.4, 0.5) is 16.2 Å². The number of nitrogens with one attached hydrogen (secondary N) is 2. The van der Waals surface area contributed by atoms with E-state index in [1.807, 2.05) is 30.3 Å². The number of nitrogens with zero attached hydrogens (tertiary/aromatic N) is 1. The number of carbonyl (C=O) groups excluding carboxylic acids is 1. The maximum absolute atomic E-state index is 12.3. The average molecular weight is 387 g/mol. The fourth-order valence-corrected chi connectivity index (χ4v) is 2.68. The van der Waals surface area contributed by atoms with Crippen molar-refractivity contribution >= 4 is 23.4 Å². The molecule has 9 heteroatoms. The van der Waals surface area contributed by atoms with Gasteiger partial charge in [-0.3, -0.25) is 14.9 Å². The summed E-state index contributed by atoms with van der Waals surface area (Å²) in [6.07, 6.45) is 0.622. The van der Waals surface area contributed by atoms with Crippen molar-refractivity contribution in [3.8, 4) is 5.75 Å². The molecule has 2 rings (SSSR count). The van der Waals surface area contributed by atoms with Crippen LogP contribution in [0.15, 0.2) is 48.5 Å². The van der Waals surface area contributed by atoms with E-state index < -0.39 is 23.0 Å². The number of carboxylic acids is 1. The Balaban J connectivity index is 2.06. The summed E-state index contributed by atoms with van der Waals surface area (Å²) in [5, 5.41) is 25.3. The van der Waals surface area contributed by atoms with Gasteiger partial charge in [0.1, 0.15) is 0 Å². The van der Waals surface area contributed by atoms with Crippen LogP contribution >= 0.6 is 0 Å². The van der Waals surface area contributed by atoms with E-state index in [9.17, 15) is 19.7 Å². The summed E-state index contributed by atoms with van der Waals surface area (Å²) in [6.45, 7) is 0. The van der Waals surface area contributed by atoms with Gasteiger partial charge >= 0.3 is 17.7 Å². The van der Waals surface area contributed by atoms with Crippen LogP contribution in [0.3, 0.4) is 0 Å². The second kappa shape index (κ2) is 9.91. The first-order valence-electron chi connectivity index (χ1n) is 8.54. The molecule has 9 nitrogen and oxygen atoms in total. The number of carboxylic acid groups (broad SMARTS) is 1. The number of methoxy groups -OCH3 is 1. The number of aliphatic carboxylic acids is 1. The molecule has 0 heterocycles. The molecule has 3 N–H and O–H groups in total. The van der Waals surface area contributed by atoms with Crippen LogP contribution in [0.1, 0.15) is 18.4 Å². The summed E-state index contributed by atoms with van der Waals surface area (Å²) in [4.78, 5) is 33.7. The van der Waals surface area contributed by atoms with Crippen LogP contribution < -0.4 is 15.4 Å². The number of benzene rings is 2. The highest BCUT2D eigenvalue weighted by Gasteiger charge is 2.18. The van der Waals surface area contributed by atoms with E-state index in [1.54, 1.807) is 0 Å². The fourth-order valence-electron chi connectivity index (χ4n) is 2.68. The SMILES string of the molecule is COc1ccc(NC(=O)NC(CCC(=O)O)Cc2ccccc2)cc1[N+](=O)[O-]. The van der Waals surface area contributed by atoms with E-state index >= 15 is 0 Å². The molecule has 2 aromatic rings. The molecule has 2 amide bonds. The minimum absolute atomic E-state index is 0.0828. The molecule has 0 spiro atoms. The maximum Gasteiger partial charge on any atom is 0.319 e. The van der Waals surface area contributed by atoms with Crippen molar-refractivity contribution in [2.75, 3.05) is 12.4 Å². The molecule has 0 aliphatic carbocycles. The Morgan fingerprint density at radius 1 is 1.21 bits per heavy atom. The minimum Gasteiger partial charge on any atom is -0.490 e. The summed E-state index contributed by atoms with van der Waals surface area (Å²) in [5.41, 5.74) is 0.909. The molecular formula is C19H21N3O6. The van der Waals surface area contributed by atoms with Gasteiger partial charge in [0.05, 0.1) is 12.0 Å². The third kappa shape index (κ3) is 6.27. The van der Waals surface area contributed by atoms with E-state index in [0.717, 1.165) is 5.56 Å². The zero-order chi connectivity index (χ0) is 20.5. The number of carbonyl (C=O) groups is 2.